The second-order valence-electron chi connectivity index (χ2n) is 3.84. The van der Waals surface area contributed by atoms with Crippen LogP contribution in [0.15, 0.2) is 24.5 Å². The fourth-order valence-corrected chi connectivity index (χ4v) is 1.61. The summed E-state index contributed by atoms with van der Waals surface area (Å²) in [6.07, 6.45) is 1.38. The number of aromatic nitrogens is 3. The minimum Gasteiger partial charge on any atom is -0.454 e. The number of rotatable bonds is 4. The van der Waals surface area contributed by atoms with Crippen LogP contribution in [0, 0.1) is 5.82 Å². The summed E-state index contributed by atoms with van der Waals surface area (Å²) in [5, 5.41) is 3.95. The summed E-state index contributed by atoms with van der Waals surface area (Å²) in [7, 11) is 0. The van der Waals surface area contributed by atoms with E-state index in [2.05, 4.69) is 10.1 Å². The van der Waals surface area contributed by atoms with E-state index >= 15 is 0 Å². The number of carbonyl (C=O) groups is 1. The lowest BCUT2D eigenvalue weighted by Crippen LogP contribution is -2.10. The van der Waals surface area contributed by atoms with Gasteiger partial charge in [0.05, 0.1) is 5.56 Å². The Morgan fingerprint density at radius 3 is 2.95 bits per heavy atom. The molecular weight excluding hydrogens is 251 g/mol. The van der Waals surface area contributed by atoms with Crippen LogP contribution in [0.5, 0.6) is 0 Å². The molecule has 1 aromatic heterocycles. The van der Waals surface area contributed by atoms with E-state index in [-0.39, 0.29) is 17.9 Å². The van der Waals surface area contributed by atoms with Gasteiger partial charge in [0.25, 0.3) is 0 Å². The molecule has 0 aliphatic rings. The highest BCUT2D eigenvalue weighted by Crippen LogP contribution is 2.12. The van der Waals surface area contributed by atoms with Crippen molar-refractivity contribution in [2.45, 2.75) is 20.1 Å². The van der Waals surface area contributed by atoms with Crippen molar-refractivity contribution in [3.8, 4) is 0 Å². The summed E-state index contributed by atoms with van der Waals surface area (Å²) in [6, 6.07) is 3.56. The lowest BCUT2D eigenvalue weighted by atomic mass is 10.2. The number of esters is 1. The predicted molar refractivity (Wildman–Crippen MR) is 65.6 cm³/mol. The van der Waals surface area contributed by atoms with Gasteiger partial charge in [0, 0.05) is 12.2 Å². The Labute approximate surface area is 109 Å². The lowest BCUT2D eigenvalue weighted by Gasteiger charge is -2.06. The van der Waals surface area contributed by atoms with Gasteiger partial charge in [0.1, 0.15) is 12.1 Å². The van der Waals surface area contributed by atoms with Crippen LogP contribution in [0.1, 0.15) is 23.1 Å². The topological polar surface area (TPSA) is 83.0 Å². The third kappa shape index (κ3) is 3.06. The summed E-state index contributed by atoms with van der Waals surface area (Å²) < 4.78 is 19.8. The normalized spacial score (nSPS) is 10.4. The van der Waals surface area contributed by atoms with Crippen LogP contribution in [0.2, 0.25) is 0 Å². The number of nitrogens with two attached hydrogens (primary N) is 1. The van der Waals surface area contributed by atoms with Crippen LogP contribution in [0.25, 0.3) is 0 Å². The van der Waals surface area contributed by atoms with Crippen molar-refractivity contribution in [3.63, 3.8) is 0 Å². The molecule has 0 aliphatic carbocycles. The van der Waals surface area contributed by atoms with Gasteiger partial charge in [-0.3, -0.25) is 0 Å². The molecule has 2 N–H and O–H groups in total. The molecule has 0 unspecified atom stereocenters. The second kappa shape index (κ2) is 5.47. The summed E-state index contributed by atoms with van der Waals surface area (Å²) in [5.74, 6) is -0.708. The van der Waals surface area contributed by atoms with Gasteiger partial charge in [0.15, 0.2) is 12.4 Å². The number of halogens is 1. The van der Waals surface area contributed by atoms with Crippen LogP contribution in [0.3, 0.4) is 0 Å². The Hall–Kier alpha value is -2.44. The van der Waals surface area contributed by atoms with Gasteiger partial charge in [-0.25, -0.2) is 18.9 Å². The van der Waals surface area contributed by atoms with Gasteiger partial charge < -0.3 is 10.5 Å². The van der Waals surface area contributed by atoms with Gasteiger partial charge in [-0.1, -0.05) is 0 Å². The highest BCUT2D eigenvalue weighted by Gasteiger charge is 2.11. The highest BCUT2D eigenvalue weighted by atomic mass is 19.1. The molecule has 2 aromatic rings. The fraction of sp³-hybridized carbons (Fsp3) is 0.250. The molecule has 100 valence electrons. The van der Waals surface area contributed by atoms with E-state index in [0.717, 1.165) is 12.1 Å². The van der Waals surface area contributed by atoms with E-state index in [0.29, 0.717) is 12.4 Å². The first-order chi connectivity index (χ1) is 9.10. The summed E-state index contributed by atoms with van der Waals surface area (Å²) in [5.41, 5.74) is 5.70. The van der Waals surface area contributed by atoms with Gasteiger partial charge in [0.2, 0.25) is 0 Å². The largest absolute Gasteiger partial charge is 0.454 e. The zero-order valence-corrected chi connectivity index (χ0v) is 10.3. The third-order valence-corrected chi connectivity index (χ3v) is 2.48. The number of nitrogens with zero attached hydrogens (tertiary/aromatic N) is 3. The predicted octanol–water partition coefficient (Wildman–Crippen LogP) is 1.38. The maximum Gasteiger partial charge on any atom is 0.338 e. The number of benzene rings is 1. The van der Waals surface area contributed by atoms with Crippen LogP contribution in [-0.4, -0.2) is 20.7 Å². The zero-order valence-electron chi connectivity index (χ0n) is 10.3. The van der Waals surface area contributed by atoms with E-state index < -0.39 is 11.8 Å². The molecule has 7 heteroatoms. The molecular formula is C12H13FN4O2. The lowest BCUT2D eigenvalue weighted by molar-refractivity contribution is 0.0456. The van der Waals surface area contributed by atoms with Crippen LogP contribution in [0.4, 0.5) is 10.1 Å². The highest BCUT2D eigenvalue weighted by molar-refractivity contribution is 5.90. The van der Waals surface area contributed by atoms with Crippen molar-refractivity contribution in [1.82, 2.24) is 14.8 Å². The number of ether oxygens (including phenoxy) is 1. The first-order valence-corrected chi connectivity index (χ1v) is 5.70. The van der Waals surface area contributed by atoms with Crippen LogP contribution >= 0.6 is 0 Å². The van der Waals surface area contributed by atoms with Crippen LogP contribution in [-0.2, 0) is 17.9 Å². The fourth-order valence-electron chi connectivity index (χ4n) is 1.61. The van der Waals surface area contributed by atoms with Crippen molar-refractivity contribution in [1.29, 1.82) is 0 Å². The molecule has 1 heterocycles. The molecule has 0 saturated carbocycles. The molecule has 6 nitrogen and oxygen atoms in total. The molecule has 0 fully saturated rings. The molecule has 1 aromatic carbocycles. The molecule has 0 spiro atoms. The first-order valence-electron chi connectivity index (χ1n) is 5.70. The maximum atomic E-state index is 13.1. The third-order valence-electron chi connectivity index (χ3n) is 2.48. The first kappa shape index (κ1) is 13.0. The van der Waals surface area contributed by atoms with Crippen molar-refractivity contribution in [2.24, 2.45) is 0 Å². The Kier molecular flexibility index (Phi) is 3.74. The molecule has 2 rings (SSSR count). The Morgan fingerprint density at radius 1 is 1.47 bits per heavy atom. The summed E-state index contributed by atoms with van der Waals surface area (Å²) in [6.45, 7) is 2.50. The number of hydrogen-bond donors (Lipinski definition) is 1. The second-order valence-corrected chi connectivity index (χ2v) is 3.84. The van der Waals surface area contributed by atoms with Crippen LogP contribution < -0.4 is 5.73 Å². The van der Waals surface area contributed by atoms with Crippen molar-refractivity contribution < 1.29 is 13.9 Å². The maximum absolute atomic E-state index is 13.1. The minimum atomic E-state index is -0.656. The summed E-state index contributed by atoms with van der Waals surface area (Å²) >= 11 is 0. The number of nitrogen functional groups attached to an aromatic ring is 1. The smallest absolute Gasteiger partial charge is 0.338 e. The standard InChI is InChI=1S/C12H13FN4O2/c1-2-17-11(15-7-16-17)6-19-12(18)8-3-9(13)5-10(14)4-8/h3-5,7H,2,6,14H2,1H3. The minimum absolute atomic E-state index is 0.0247. The average Bonchev–Trinajstić information content (AvgIpc) is 2.82. The number of aryl methyl sites for hydroxylation is 1. The Morgan fingerprint density at radius 2 is 2.26 bits per heavy atom. The quantitative estimate of drug-likeness (QED) is 0.666. The Balaban J connectivity index is 2.05. The van der Waals surface area contributed by atoms with E-state index in [4.69, 9.17) is 10.5 Å². The molecule has 0 bridgehead atoms. The number of hydrogen-bond acceptors (Lipinski definition) is 5. The molecule has 0 atom stereocenters. The van der Waals surface area contributed by atoms with Crippen molar-refractivity contribution in [2.75, 3.05) is 5.73 Å². The van der Waals surface area contributed by atoms with Gasteiger partial charge in [-0.2, -0.15) is 5.10 Å². The van der Waals surface area contributed by atoms with Gasteiger partial charge in [-0.05, 0) is 25.1 Å². The molecule has 0 aliphatic heterocycles. The van der Waals surface area contributed by atoms with E-state index in [1.807, 2.05) is 6.92 Å². The molecule has 0 saturated heterocycles. The Bertz CT molecular complexity index is 577. The molecule has 0 radical (unpaired) electrons. The number of carbonyl (C=O) groups excluding carboxylic acids is 1. The van der Waals surface area contributed by atoms with E-state index in [1.165, 1.54) is 12.4 Å². The van der Waals surface area contributed by atoms with E-state index in [1.54, 1.807) is 4.68 Å². The van der Waals surface area contributed by atoms with Gasteiger partial charge >= 0.3 is 5.97 Å². The molecule has 19 heavy (non-hydrogen) atoms. The zero-order chi connectivity index (χ0) is 13.8. The van der Waals surface area contributed by atoms with Gasteiger partial charge in [-0.15, -0.1) is 0 Å². The summed E-state index contributed by atoms with van der Waals surface area (Å²) in [4.78, 5) is 15.7. The van der Waals surface area contributed by atoms with Crippen molar-refractivity contribution >= 4 is 11.7 Å². The average molecular weight is 264 g/mol. The van der Waals surface area contributed by atoms with Crippen molar-refractivity contribution in [3.05, 3.63) is 41.7 Å². The molecule has 0 amide bonds. The van der Waals surface area contributed by atoms with E-state index in [9.17, 15) is 9.18 Å². The monoisotopic (exact) mass is 264 g/mol. The number of anilines is 1. The SMILES string of the molecule is CCn1ncnc1COC(=O)c1cc(N)cc(F)c1.